The summed E-state index contributed by atoms with van der Waals surface area (Å²) in [4.78, 5) is 18.8. The first-order valence-corrected chi connectivity index (χ1v) is 5.34. The van der Waals surface area contributed by atoms with Gasteiger partial charge in [0.1, 0.15) is 0 Å². The molecule has 0 fully saturated rings. The van der Waals surface area contributed by atoms with Crippen LogP contribution in [0.4, 0.5) is 5.95 Å². The molecule has 2 N–H and O–H groups in total. The molecule has 0 amide bonds. The molecule has 0 unspecified atom stereocenters. The molecule has 7 heteroatoms. The van der Waals surface area contributed by atoms with Gasteiger partial charge in [0.15, 0.2) is 0 Å². The topological polar surface area (TPSA) is 92.9 Å². The Morgan fingerprint density at radius 2 is 2.28 bits per heavy atom. The summed E-state index contributed by atoms with van der Waals surface area (Å²) < 4.78 is 1.71. The van der Waals surface area contributed by atoms with Crippen LogP contribution in [0.3, 0.4) is 0 Å². The Kier molecular flexibility index (Phi) is 3.22. The van der Waals surface area contributed by atoms with Crippen LogP contribution in [0.2, 0.25) is 0 Å². The molecular formula is C11H13N5O2. The summed E-state index contributed by atoms with van der Waals surface area (Å²) in [5.41, 5.74) is 1.55. The van der Waals surface area contributed by atoms with E-state index in [1.54, 1.807) is 17.8 Å². The predicted octanol–water partition coefficient (Wildman–Crippen LogP) is 0.829. The summed E-state index contributed by atoms with van der Waals surface area (Å²) in [6.45, 7) is 2.18. The minimum absolute atomic E-state index is 0.113. The molecule has 0 saturated carbocycles. The number of carboxylic acids is 1. The van der Waals surface area contributed by atoms with E-state index >= 15 is 0 Å². The van der Waals surface area contributed by atoms with Gasteiger partial charge in [-0.3, -0.25) is 4.68 Å². The Hall–Kier alpha value is -2.44. The number of hydrogen-bond donors (Lipinski definition) is 2. The number of nitrogens with one attached hydrogen (secondary N) is 1. The molecule has 18 heavy (non-hydrogen) atoms. The standard InChI is InChI=1S/C11H13N5O2/c1-7-9(10(17)18)5-13-11(15-7)12-3-8-4-14-16(2)6-8/h4-6H,3H2,1-2H3,(H,17,18)(H,12,13,15). The van der Waals surface area contributed by atoms with Crippen molar-refractivity contribution < 1.29 is 9.90 Å². The summed E-state index contributed by atoms with van der Waals surface area (Å²) >= 11 is 0. The Morgan fingerprint density at radius 3 is 2.83 bits per heavy atom. The molecule has 0 bridgehead atoms. The highest BCUT2D eigenvalue weighted by Crippen LogP contribution is 2.08. The highest BCUT2D eigenvalue weighted by Gasteiger charge is 2.09. The van der Waals surface area contributed by atoms with Crippen molar-refractivity contribution in [2.24, 2.45) is 7.05 Å². The van der Waals surface area contributed by atoms with Crippen LogP contribution in [-0.4, -0.2) is 30.8 Å². The zero-order valence-corrected chi connectivity index (χ0v) is 10.1. The van der Waals surface area contributed by atoms with Crippen molar-refractivity contribution in [3.05, 3.63) is 35.4 Å². The van der Waals surface area contributed by atoms with Crippen molar-refractivity contribution in [1.29, 1.82) is 0 Å². The van der Waals surface area contributed by atoms with E-state index in [0.717, 1.165) is 5.56 Å². The van der Waals surface area contributed by atoms with Gasteiger partial charge in [-0.05, 0) is 6.92 Å². The maximum Gasteiger partial charge on any atom is 0.339 e. The highest BCUT2D eigenvalue weighted by atomic mass is 16.4. The van der Waals surface area contributed by atoms with Gasteiger partial charge in [0.05, 0.1) is 17.5 Å². The van der Waals surface area contributed by atoms with E-state index in [9.17, 15) is 4.79 Å². The van der Waals surface area contributed by atoms with Crippen LogP contribution in [0.15, 0.2) is 18.6 Å². The van der Waals surface area contributed by atoms with Gasteiger partial charge >= 0.3 is 5.97 Å². The first-order chi connectivity index (χ1) is 8.56. The fourth-order valence-electron chi connectivity index (χ4n) is 1.51. The minimum Gasteiger partial charge on any atom is -0.478 e. The molecule has 0 aliphatic carbocycles. The fraction of sp³-hybridized carbons (Fsp3) is 0.273. The van der Waals surface area contributed by atoms with Gasteiger partial charge in [-0.2, -0.15) is 5.10 Å². The number of aromatic nitrogens is 4. The van der Waals surface area contributed by atoms with Crippen LogP contribution in [0.1, 0.15) is 21.6 Å². The number of aromatic carboxylic acids is 1. The van der Waals surface area contributed by atoms with Gasteiger partial charge in [-0.15, -0.1) is 0 Å². The molecule has 94 valence electrons. The molecule has 2 heterocycles. The zero-order chi connectivity index (χ0) is 13.1. The first-order valence-electron chi connectivity index (χ1n) is 5.34. The van der Waals surface area contributed by atoms with E-state index in [-0.39, 0.29) is 5.56 Å². The van der Waals surface area contributed by atoms with Crippen LogP contribution in [0.25, 0.3) is 0 Å². The summed E-state index contributed by atoms with van der Waals surface area (Å²) in [5.74, 6) is -0.618. The van der Waals surface area contributed by atoms with Crippen LogP contribution >= 0.6 is 0 Å². The number of aryl methyl sites for hydroxylation is 2. The Balaban J connectivity index is 2.06. The second-order valence-electron chi connectivity index (χ2n) is 3.87. The third kappa shape index (κ3) is 2.62. The van der Waals surface area contributed by atoms with Crippen LogP contribution in [-0.2, 0) is 13.6 Å². The third-order valence-corrected chi connectivity index (χ3v) is 2.42. The lowest BCUT2D eigenvalue weighted by Crippen LogP contribution is -2.08. The smallest absolute Gasteiger partial charge is 0.339 e. The van der Waals surface area contributed by atoms with Gasteiger partial charge in [-0.1, -0.05) is 0 Å². The second kappa shape index (κ2) is 4.82. The first kappa shape index (κ1) is 12.0. The number of hydrogen-bond acceptors (Lipinski definition) is 5. The van der Waals surface area contributed by atoms with E-state index in [0.29, 0.717) is 18.2 Å². The minimum atomic E-state index is -1.02. The lowest BCUT2D eigenvalue weighted by molar-refractivity contribution is 0.0695. The maximum absolute atomic E-state index is 10.8. The summed E-state index contributed by atoms with van der Waals surface area (Å²) in [6.07, 6.45) is 4.92. The summed E-state index contributed by atoms with van der Waals surface area (Å²) in [5, 5.41) is 15.9. The molecule has 0 aliphatic heterocycles. The summed E-state index contributed by atoms with van der Waals surface area (Å²) in [7, 11) is 1.84. The van der Waals surface area contributed by atoms with Crippen molar-refractivity contribution in [2.75, 3.05) is 5.32 Å². The average molecular weight is 247 g/mol. The SMILES string of the molecule is Cc1nc(NCc2cnn(C)c2)ncc1C(=O)O. The number of nitrogens with zero attached hydrogens (tertiary/aromatic N) is 4. The molecule has 0 aromatic carbocycles. The maximum atomic E-state index is 10.8. The van der Waals surface area contributed by atoms with E-state index in [4.69, 9.17) is 5.11 Å². The monoisotopic (exact) mass is 247 g/mol. The molecule has 2 aromatic heterocycles. The second-order valence-corrected chi connectivity index (χ2v) is 3.87. The average Bonchev–Trinajstić information content (AvgIpc) is 2.72. The quantitative estimate of drug-likeness (QED) is 0.831. The predicted molar refractivity (Wildman–Crippen MR) is 64.3 cm³/mol. The largest absolute Gasteiger partial charge is 0.478 e. The molecule has 2 rings (SSSR count). The van der Waals surface area contributed by atoms with Crippen molar-refractivity contribution in [3.8, 4) is 0 Å². The van der Waals surface area contributed by atoms with E-state index < -0.39 is 5.97 Å². The Morgan fingerprint density at radius 1 is 1.50 bits per heavy atom. The van der Waals surface area contributed by atoms with Crippen LogP contribution in [0.5, 0.6) is 0 Å². The van der Waals surface area contributed by atoms with Crippen molar-refractivity contribution in [2.45, 2.75) is 13.5 Å². The lowest BCUT2D eigenvalue weighted by Gasteiger charge is -2.05. The number of carboxylic acid groups (broad SMARTS) is 1. The molecule has 2 aromatic rings. The molecule has 7 nitrogen and oxygen atoms in total. The van der Waals surface area contributed by atoms with Crippen molar-refractivity contribution in [3.63, 3.8) is 0 Å². The molecule has 0 atom stereocenters. The van der Waals surface area contributed by atoms with Gasteiger partial charge in [-0.25, -0.2) is 14.8 Å². The number of anilines is 1. The van der Waals surface area contributed by atoms with Gasteiger partial charge < -0.3 is 10.4 Å². The van der Waals surface area contributed by atoms with E-state index in [1.807, 2.05) is 13.2 Å². The molecule has 0 aliphatic rings. The van der Waals surface area contributed by atoms with Gasteiger partial charge in [0.25, 0.3) is 0 Å². The van der Waals surface area contributed by atoms with E-state index in [1.165, 1.54) is 6.20 Å². The third-order valence-electron chi connectivity index (χ3n) is 2.42. The molecule has 0 saturated heterocycles. The Bertz CT molecular complexity index is 579. The van der Waals surface area contributed by atoms with E-state index in [2.05, 4.69) is 20.4 Å². The highest BCUT2D eigenvalue weighted by molar-refractivity contribution is 5.88. The number of rotatable bonds is 4. The molecule has 0 spiro atoms. The van der Waals surface area contributed by atoms with Crippen LogP contribution < -0.4 is 5.32 Å². The fourth-order valence-corrected chi connectivity index (χ4v) is 1.51. The Labute approximate surface area is 104 Å². The zero-order valence-electron chi connectivity index (χ0n) is 10.1. The normalized spacial score (nSPS) is 10.3. The lowest BCUT2D eigenvalue weighted by atomic mass is 10.2. The van der Waals surface area contributed by atoms with Crippen LogP contribution in [0, 0.1) is 6.92 Å². The van der Waals surface area contributed by atoms with Gasteiger partial charge in [0, 0.05) is 31.5 Å². The van der Waals surface area contributed by atoms with Gasteiger partial charge in [0.2, 0.25) is 5.95 Å². The molecular weight excluding hydrogens is 234 g/mol. The molecule has 0 radical (unpaired) electrons. The van der Waals surface area contributed by atoms with Crippen molar-refractivity contribution >= 4 is 11.9 Å². The summed E-state index contributed by atoms with van der Waals surface area (Å²) in [6, 6.07) is 0. The van der Waals surface area contributed by atoms with Crippen molar-refractivity contribution in [1.82, 2.24) is 19.7 Å². The number of carbonyl (C=O) groups is 1.